The van der Waals surface area contributed by atoms with Crippen LogP contribution in [0.4, 0.5) is 0 Å². The van der Waals surface area contributed by atoms with E-state index in [-0.39, 0.29) is 17.4 Å². The van der Waals surface area contributed by atoms with Crippen molar-refractivity contribution in [2.75, 3.05) is 20.3 Å². The van der Waals surface area contributed by atoms with Crippen molar-refractivity contribution in [2.45, 2.75) is 82.2 Å². The fraction of sp³-hybridized carbons (Fsp3) is 0.895. The lowest BCUT2D eigenvalue weighted by atomic mass is 9.77. The van der Waals surface area contributed by atoms with Gasteiger partial charge in [-0.05, 0) is 50.9 Å². The maximum absolute atomic E-state index is 12.2. The van der Waals surface area contributed by atoms with Crippen molar-refractivity contribution in [1.29, 1.82) is 0 Å². The third kappa shape index (κ3) is 3.93. The summed E-state index contributed by atoms with van der Waals surface area (Å²) in [7, 11) is 1.68. The van der Waals surface area contributed by atoms with Gasteiger partial charge in [0.05, 0.1) is 6.61 Å². The van der Waals surface area contributed by atoms with Crippen LogP contribution in [-0.4, -0.2) is 48.6 Å². The predicted octanol–water partition coefficient (Wildman–Crippen LogP) is 2.63. The molecule has 5 heteroatoms. The molecule has 0 unspecified atom stereocenters. The van der Waals surface area contributed by atoms with Crippen LogP contribution in [0.5, 0.6) is 0 Å². The fourth-order valence-electron chi connectivity index (χ4n) is 5.00. The summed E-state index contributed by atoms with van der Waals surface area (Å²) in [5.74, 6) is 1.12. The minimum absolute atomic E-state index is 0.0301. The fourth-order valence-corrected chi connectivity index (χ4v) is 5.00. The van der Waals surface area contributed by atoms with Gasteiger partial charge < -0.3 is 15.0 Å². The molecule has 1 saturated heterocycles. The number of amides is 2. The first-order valence-corrected chi connectivity index (χ1v) is 9.72. The van der Waals surface area contributed by atoms with E-state index >= 15 is 0 Å². The van der Waals surface area contributed by atoms with Gasteiger partial charge >= 0.3 is 0 Å². The highest BCUT2D eigenvalue weighted by molar-refractivity contribution is 5.80. The van der Waals surface area contributed by atoms with E-state index < -0.39 is 0 Å². The molecule has 1 aliphatic heterocycles. The third-order valence-corrected chi connectivity index (χ3v) is 6.43. The molecular formula is C19H32N2O3. The molecule has 0 atom stereocenters. The summed E-state index contributed by atoms with van der Waals surface area (Å²) in [5.41, 5.74) is 0.0301. The smallest absolute Gasteiger partial charge is 0.223 e. The van der Waals surface area contributed by atoms with E-state index in [1.165, 1.54) is 25.7 Å². The molecule has 5 nitrogen and oxygen atoms in total. The highest BCUT2D eigenvalue weighted by Gasteiger charge is 2.46. The number of carbonyl (C=O) groups excluding carboxylic acids is 2. The molecule has 24 heavy (non-hydrogen) atoms. The molecule has 2 amide bonds. The molecule has 2 saturated carbocycles. The molecule has 136 valence electrons. The normalized spacial score (nSPS) is 31.1. The van der Waals surface area contributed by atoms with E-state index in [0.29, 0.717) is 38.0 Å². The van der Waals surface area contributed by atoms with Crippen LogP contribution < -0.4 is 5.32 Å². The lowest BCUT2D eigenvalue weighted by molar-refractivity contribution is -0.133. The summed E-state index contributed by atoms with van der Waals surface area (Å²) in [5, 5.41) is 3.25. The largest absolute Gasteiger partial charge is 0.383 e. The van der Waals surface area contributed by atoms with Crippen LogP contribution in [0.3, 0.4) is 0 Å². The molecule has 1 heterocycles. The molecule has 2 aliphatic carbocycles. The summed E-state index contributed by atoms with van der Waals surface area (Å²) in [6.07, 6.45) is 11.4. The Kier molecular flexibility index (Phi) is 5.80. The van der Waals surface area contributed by atoms with Crippen LogP contribution in [0.15, 0.2) is 0 Å². The van der Waals surface area contributed by atoms with Gasteiger partial charge in [-0.2, -0.15) is 0 Å². The van der Waals surface area contributed by atoms with Crippen LogP contribution in [0.2, 0.25) is 0 Å². The quantitative estimate of drug-likeness (QED) is 0.811. The van der Waals surface area contributed by atoms with Crippen molar-refractivity contribution in [3.05, 3.63) is 0 Å². The van der Waals surface area contributed by atoms with Crippen molar-refractivity contribution >= 4 is 11.8 Å². The van der Waals surface area contributed by atoms with Crippen molar-refractivity contribution in [1.82, 2.24) is 10.2 Å². The summed E-state index contributed by atoms with van der Waals surface area (Å²) in [6.45, 7) is 1.31. The topological polar surface area (TPSA) is 58.6 Å². The van der Waals surface area contributed by atoms with E-state index in [4.69, 9.17) is 4.74 Å². The van der Waals surface area contributed by atoms with Gasteiger partial charge in [0.2, 0.25) is 11.8 Å². The van der Waals surface area contributed by atoms with Gasteiger partial charge in [-0.1, -0.05) is 12.8 Å². The average Bonchev–Trinajstić information content (AvgIpc) is 3.17. The Morgan fingerprint density at radius 2 is 1.92 bits per heavy atom. The van der Waals surface area contributed by atoms with Gasteiger partial charge in [0.25, 0.3) is 0 Å². The van der Waals surface area contributed by atoms with Crippen LogP contribution in [0.1, 0.15) is 70.6 Å². The lowest BCUT2D eigenvalue weighted by Gasteiger charge is -2.44. The van der Waals surface area contributed by atoms with Gasteiger partial charge in [0.15, 0.2) is 0 Å². The monoisotopic (exact) mass is 336 g/mol. The number of hydrogen-bond donors (Lipinski definition) is 1. The first-order valence-electron chi connectivity index (χ1n) is 9.72. The molecule has 0 aromatic carbocycles. The standard InChI is InChI=1S/C19H32N2O3/c1-24-13-12-21-18(23)8-11-19(21)9-6-16(7-10-19)20-17(22)14-15-4-2-3-5-15/h15-16H,2-14H2,1H3,(H,20,22). The van der Waals surface area contributed by atoms with Crippen LogP contribution in [-0.2, 0) is 14.3 Å². The molecule has 0 radical (unpaired) electrons. The zero-order valence-electron chi connectivity index (χ0n) is 15.0. The van der Waals surface area contributed by atoms with E-state index in [2.05, 4.69) is 10.2 Å². The summed E-state index contributed by atoms with van der Waals surface area (Å²) >= 11 is 0. The second kappa shape index (κ2) is 7.85. The summed E-state index contributed by atoms with van der Waals surface area (Å²) in [6, 6.07) is 0.296. The Labute approximate surface area is 145 Å². The van der Waals surface area contributed by atoms with Crippen molar-refractivity contribution in [3.63, 3.8) is 0 Å². The average molecular weight is 336 g/mol. The van der Waals surface area contributed by atoms with E-state index in [1.54, 1.807) is 7.11 Å². The van der Waals surface area contributed by atoms with Crippen LogP contribution in [0, 0.1) is 5.92 Å². The van der Waals surface area contributed by atoms with Crippen LogP contribution >= 0.6 is 0 Å². The first-order chi connectivity index (χ1) is 11.6. The SMILES string of the molecule is COCCN1C(=O)CCC12CCC(NC(=O)CC1CCCC1)CC2. The first kappa shape index (κ1) is 17.7. The molecule has 3 rings (SSSR count). The van der Waals surface area contributed by atoms with Gasteiger partial charge in [-0.3, -0.25) is 9.59 Å². The molecule has 3 aliphatic rings. The van der Waals surface area contributed by atoms with Crippen molar-refractivity contribution in [2.24, 2.45) is 5.92 Å². The number of nitrogens with zero attached hydrogens (tertiary/aromatic N) is 1. The second-order valence-electron chi connectivity index (χ2n) is 7.96. The van der Waals surface area contributed by atoms with E-state index in [9.17, 15) is 9.59 Å². The number of likely N-dealkylation sites (tertiary alicyclic amines) is 1. The molecule has 1 N–H and O–H groups in total. The van der Waals surface area contributed by atoms with Crippen LogP contribution in [0.25, 0.3) is 0 Å². The summed E-state index contributed by atoms with van der Waals surface area (Å²) in [4.78, 5) is 26.5. The van der Waals surface area contributed by atoms with Gasteiger partial charge in [0, 0.05) is 38.1 Å². The summed E-state index contributed by atoms with van der Waals surface area (Å²) < 4.78 is 5.17. The number of nitrogens with one attached hydrogen (secondary N) is 1. The van der Waals surface area contributed by atoms with Crippen molar-refractivity contribution < 1.29 is 14.3 Å². The maximum atomic E-state index is 12.2. The number of methoxy groups -OCH3 is 1. The molecule has 0 aromatic heterocycles. The minimum Gasteiger partial charge on any atom is -0.383 e. The number of hydrogen-bond acceptors (Lipinski definition) is 3. The molecule has 0 bridgehead atoms. The molecular weight excluding hydrogens is 304 g/mol. The van der Waals surface area contributed by atoms with Crippen molar-refractivity contribution in [3.8, 4) is 0 Å². The molecule has 1 spiro atoms. The predicted molar refractivity (Wildman–Crippen MR) is 92.5 cm³/mol. The highest BCUT2D eigenvalue weighted by Crippen LogP contribution is 2.42. The molecule has 3 fully saturated rings. The minimum atomic E-state index is 0.0301. The van der Waals surface area contributed by atoms with Gasteiger partial charge in [-0.15, -0.1) is 0 Å². The third-order valence-electron chi connectivity index (χ3n) is 6.43. The van der Waals surface area contributed by atoms with E-state index in [1.807, 2.05) is 0 Å². The number of carbonyl (C=O) groups is 2. The Balaban J connectivity index is 1.47. The Morgan fingerprint density at radius 3 is 2.58 bits per heavy atom. The zero-order valence-corrected chi connectivity index (χ0v) is 15.0. The van der Waals surface area contributed by atoms with Gasteiger partial charge in [-0.25, -0.2) is 0 Å². The highest BCUT2D eigenvalue weighted by atomic mass is 16.5. The Hall–Kier alpha value is -1.10. The Morgan fingerprint density at radius 1 is 1.21 bits per heavy atom. The van der Waals surface area contributed by atoms with E-state index in [0.717, 1.165) is 32.1 Å². The number of ether oxygens (including phenoxy) is 1. The van der Waals surface area contributed by atoms with Gasteiger partial charge in [0.1, 0.15) is 0 Å². The Bertz CT molecular complexity index is 452. The molecule has 0 aromatic rings. The zero-order chi connectivity index (χ0) is 17.0. The number of rotatable bonds is 6. The maximum Gasteiger partial charge on any atom is 0.223 e. The lowest BCUT2D eigenvalue weighted by Crippen LogP contribution is -2.52. The second-order valence-corrected chi connectivity index (χ2v) is 7.96.